The predicted molar refractivity (Wildman–Crippen MR) is 143 cm³/mol. The first-order valence-electron chi connectivity index (χ1n) is 10.8. The van der Waals surface area contributed by atoms with Crippen LogP contribution in [0.2, 0.25) is 0 Å². The van der Waals surface area contributed by atoms with Crippen LogP contribution >= 0.6 is 22.7 Å². The van der Waals surface area contributed by atoms with Crippen molar-refractivity contribution >= 4 is 48.4 Å². The number of rotatable bonds is 4. The molecule has 34 heavy (non-hydrogen) atoms. The van der Waals surface area contributed by atoms with Gasteiger partial charge in [0.15, 0.2) is 0 Å². The van der Waals surface area contributed by atoms with Crippen LogP contribution in [0.25, 0.3) is 31.9 Å². The summed E-state index contributed by atoms with van der Waals surface area (Å²) in [5, 5.41) is 2.69. The topological polar surface area (TPSA) is 73.0 Å². The third kappa shape index (κ3) is 3.94. The van der Waals surface area contributed by atoms with Crippen LogP contribution in [-0.2, 0) is 15.3 Å². The van der Waals surface area contributed by atoms with E-state index in [4.69, 9.17) is 10.7 Å². The third-order valence-electron chi connectivity index (χ3n) is 5.80. The van der Waals surface area contributed by atoms with Crippen molar-refractivity contribution in [2.45, 2.75) is 35.3 Å². The van der Waals surface area contributed by atoms with Gasteiger partial charge in [0.25, 0.3) is 0 Å². The molecule has 3 heterocycles. The Morgan fingerprint density at radius 2 is 1.62 bits per heavy atom. The van der Waals surface area contributed by atoms with Gasteiger partial charge < -0.3 is 5.73 Å². The molecule has 0 saturated carbocycles. The summed E-state index contributed by atoms with van der Waals surface area (Å²) in [6.45, 7) is 6.30. The normalized spacial score (nSPS) is 12.3. The molecule has 0 aliphatic carbocycles. The zero-order valence-corrected chi connectivity index (χ0v) is 21.5. The van der Waals surface area contributed by atoms with Crippen LogP contribution in [0.15, 0.2) is 87.3 Å². The second-order valence-electron chi connectivity index (χ2n) is 9.16. The molecule has 2 N–H and O–H groups in total. The standard InChI is InChI=1S/C27H24N2O2S3/c1-27(2,3)18-11-13-19(14-12-18)34(30,31)26-24(28)23-20(17-8-5-4-6-9-17)16-21(29-25(23)33-26)22-10-7-15-32-22/h4-16H,28H2,1-3H3. The van der Waals surface area contributed by atoms with Gasteiger partial charge in [0.2, 0.25) is 9.84 Å². The molecule has 0 atom stereocenters. The van der Waals surface area contributed by atoms with Crippen LogP contribution in [0.4, 0.5) is 5.69 Å². The van der Waals surface area contributed by atoms with E-state index in [1.165, 1.54) is 0 Å². The Morgan fingerprint density at radius 1 is 0.912 bits per heavy atom. The van der Waals surface area contributed by atoms with E-state index in [1.54, 1.807) is 23.5 Å². The van der Waals surface area contributed by atoms with Gasteiger partial charge in [0, 0.05) is 5.39 Å². The summed E-state index contributed by atoms with van der Waals surface area (Å²) in [7, 11) is -3.80. The average molecular weight is 505 g/mol. The molecule has 0 amide bonds. The minimum atomic E-state index is -3.80. The fourth-order valence-electron chi connectivity index (χ4n) is 3.94. The second kappa shape index (κ2) is 8.34. The van der Waals surface area contributed by atoms with E-state index in [2.05, 4.69) is 20.8 Å². The summed E-state index contributed by atoms with van der Waals surface area (Å²) in [5.41, 5.74) is 10.5. The van der Waals surface area contributed by atoms with E-state index >= 15 is 0 Å². The molecule has 2 aromatic carbocycles. The lowest BCUT2D eigenvalue weighted by atomic mass is 9.87. The third-order valence-corrected chi connectivity index (χ3v) is 10.1. The van der Waals surface area contributed by atoms with Crippen molar-refractivity contribution in [3.8, 4) is 21.7 Å². The van der Waals surface area contributed by atoms with Crippen LogP contribution in [0.5, 0.6) is 0 Å². The van der Waals surface area contributed by atoms with Gasteiger partial charge in [-0.2, -0.15) is 0 Å². The number of thiophene rings is 2. The lowest BCUT2D eigenvalue weighted by Gasteiger charge is -2.19. The Morgan fingerprint density at radius 3 is 2.24 bits per heavy atom. The summed E-state index contributed by atoms with van der Waals surface area (Å²) in [6.07, 6.45) is 0. The zero-order chi connectivity index (χ0) is 24.1. The quantitative estimate of drug-likeness (QED) is 0.277. The smallest absolute Gasteiger partial charge is 0.218 e. The number of nitrogen functional groups attached to an aromatic ring is 1. The Labute approximate surface area is 207 Å². The maximum atomic E-state index is 13.7. The highest BCUT2D eigenvalue weighted by Crippen LogP contribution is 2.45. The van der Waals surface area contributed by atoms with E-state index in [0.717, 1.165) is 38.6 Å². The van der Waals surface area contributed by atoms with Gasteiger partial charge in [-0.15, -0.1) is 22.7 Å². The Bertz CT molecular complexity index is 1580. The number of hydrogen-bond acceptors (Lipinski definition) is 6. The molecule has 0 fully saturated rings. The first kappa shape index (κ1) is 22.8. The number of nitrogens with zero attached hydrogens (tertiary/aromatic N) is 1. The zero-order valence-electron chi connectivity index (χ0n) is 19.1. The van der Waals surface area contributed by atoms with Crippen molar-refractivity contribution in [2.24, 2.45) is 0 Å². The highest BCUT2D eigenvalue weighted by Gasteiger charge is 2.28. The monoisotopic (exact) mass is 504 g/mol. The molecule has 5 rings (SSSR count). The van der Waals surface area contributed by atoms with Crippen molar-refractivity contribution < 1.29 is 8.42 Å². The van der Waals surface area contributed by atoms with Gasteiger partial charge in [-0.05, 0) is 51.8 Å². The summed E-state index contributed by atoms with van der Waals surface area (Å²) in [5.74, 6) is 0. The van der Waals surface area contributed by atoms with Crippen LogP contribution < -0.4 is 5.73 Å². The number of sulfone groups is 1. The number of anilines is 1. The maximum Gasteiger partial charge on any atom is 0.218 e. The van der Waals surface area contributed by atoms with Gasteiger partial charge in [-0.3, -0.25) is 0 Å². The van der Waals surface area contributed by atoms with Crippen LogP contribution in [0, 0.1) is 0 Å². The van der Waals surface area contributed by atoms with Crippen molar-refractivity contribution in [1.82, 2.24) is 4.98 Å². The van der Waals surface area contributed by atoms with E-state index in [9.17, 15) is 8.42 Å². The summed E-state index contributed by atoms with van der Waals surface area (Å²) in [6, 6.07) is 23.0. The molecular formula is C27H24N2O2S3. The number of hydrogen-bond donors (Lipinski definition) is 1. The molecule has 7 heteroatoms. The molecule has 0 unspecified atom stereocenters. The molecular weight excluding hydrogens is 481 g/mol. The van der Waals surface area contributed by atoms with E-state index in [-0.39, 0.29) is 20.2 Å². The van der Waals surface area contributed by atoms with Crippen molar-refractivity contribution in [1.29, 1.82) is 0 Å². The largest absolute Gasteiger partial charge is 0.396 e. The van der Waals surface area contributed by atoms with Gasteiger partial charge in [0.1, 0.15) is 9.04 Å². The molecule has 0 spiro atoms. The van der Waals surface area contributed by atoms with Gasteiger partial charge >= 0.3 is 0 Å². The summed E-state index contributed by atoms with van der Waals surface area (Å²) < 4.78 is 27.4. The SMILES string of the molecule is CC(C)(C)c1ccc(S(=O)(=O)c2sc3nc(-c4cccs4)cc(-c4ccccc4)c3c2N)cc1. The molecule has 5 aromatic rings. The van der Waals surface area contributed by atoms with Crippen molar-refractivity contribution in [3.05, 3.63) is 83.7 Å². The Balaban J connectivity index is 1.73. The lowest BCUT2D eigenvalue weighted by Crippen LogP contribution is -2.11. The first-order valence-corrected chi connectivity index (χ1v) is 14.0. The molecule has 0 saturated heterocycles. The minimum absolute atomic E-state index is 0.0639. The number of benzene rings is 2. The highest BCUT2D eigenvalue weighted by atomic mass is 32.2. The van der Waals surface area contributed by atoms with E-state index in [1.807, 2.05) is 66.0 Å². The molecule has 0 aliphatic rings. The number of nitrogens with two attached hydrogens (primary N) is 1. The molecule has 3 aromatic heterocycles. The summed E-state index contributed by atoms with van der Waals surface area (Å²) in [4.78, 5) is 6.70. The van der Waals surface area contributed by atoms with Gasteiger partial charge in [-0.1, -0.05) is 69.3 Å². The number of aromatic nitrogens is 1. The molecule has 0 aliphatic heterocycles. The molecule has 0 radical (unpaired) electrons. The number of pyridine rings is 1. The Kier molecular flexibility index (Phi) is 5.59. The fraction of sp³-hybridized carbons (Fsp3) is 0.148. The van der Waals surface area contributed by atoms with Crippen molar-refractivity contribution in [3.63, 3.8) is 0 Å². The predicted octanol–water partition coefficient (Wildman–Crippen LogP) is 7.40. The van der Waals surface area contributed by atoms with E-state index in [0.29, 0.717) is 10.2 Å². The molecule has 172 valence electrons. The highest BCUT2D eigenvalue weighted by molar-refractivity contribution is 7.93. The van der Waals surface area contributed by atoms with Gasteiger partial charge in [0.05, 0.1) is 21.2 Å². The van der Waals surface area contributed by atoms with Crippen LogP contribution in [0.3, 0.4) is 0 Å². The average Bonchev–Trinajstić information content (AvgIpc) is 3.47. The first-order chi connectivity index (χ1) is 16.2. The molecule has 0 bridgehead atoms. The second-order valence-corrected chi connectivity index (χ2v) is 13.3. The van der Waals surface area contributed by atoms with Crippen molar-refractivity contribution in [2.75, 3.05) is 5.73 Å². The van der Waals surface area contributed by atoms with Gasteiger partial charge in [-0.25, -0.2) is 13.4 Å². The maximum absolute atomic E-state index is 13.7. The fourth-order valence-corrected chi connectivity index (χ4v) is 7.54. The van der Waals surface area contributed by atoms with Crippen LogP contribution in [-0.4, -0.2) is 13.4 Å². The van der Waals surface area contributed by atoms with E-state index < -0.39 is 9.84 Å². The number of fused-ring (bicyclic) bond motifs is 1. The minimum Gasteiger partial charge on any atom is -0.396 e. The lowest BCUT2D eigenvalue weighted by molar-refractivity contribution is 0.587. The van der Waals surface area contributed by atoms with Crippen LogP contribution in [0.1, 0.15) is 26.3 Å². The summed E-state index contributed by atoms with van der Waals surface area (Å²) >= 11 is 2.73. The molecule has 4 nitrogen and oxygen atoms in total. The Hall–Kier alpha value is -3.00.